The molecule has 1 fully saturated rings. The van der Waals surface area contributed by atoms with Gasteiger partial charge in [0.25, 0.3) is 11.5 Å². The first kappa shape index (κ1) is 21.1. The van der Waals surface area contributed by atoms with Crippen LogP contribution in [0.3, 0.4) is 0 Å². The normalized spacial score (nSPS) is 14.3. The van der Waals surface area contributed by atoms with Gasteiger partial charge in [-0.05, 0) is 48.7 Å². The van der Waals surface area contributed by atoms with Crippen molar-refractivity contribution in [3.63, 3.8) is 0 Å². The first-order chi connectivity index (χ1) is 15.2. The van der Waals surface area contributed by atoms with Gasteiger partial charge in [-0.3, -0.25) is 9.59 Å². The molecule has 1 aliphatic rings. The standard InChI is InChI=1S/C26H29N3O2/c30-25-14-13-24(26(31)27-15-18-28-16-5-2-6-17-28)20-29(25)19-21-9-11-23(12-10-21)22-7-3-1-4-8-22/h1,3-4,7-14,20H,2,5-6,15-19H2,(H,27,31). The van der Waals surface area contributed by atoms with Gasteiger partial charge in [-0.15, -0.1) is 0 Å². The Balaban J connectivity index is 1.38. The third-order valence-electron chi connectivity index (χ3n) is 5.82. The van der Waals surface area contributed by atoms with Crippen LogP contribution in [0.5, 0.6) is 0 Å². The summed E-state index contributed by atoms with van der Waals surface area (Å²) in [5.41, 5.74) is 3.72. The molecule has 2 heterocycles. The van der Waals surface area contributed by atoms with Gasteiger partial charge in [0.1, 0.15) is 0 Å². The van der Waals surface area contributed by atoms with Crippen LogP contribution in [0.2, 0.25) is 0 Å². The predicted octanol–water partition coefficient (Wildman–Crippen LogP) is 3.78. The number of carbonyl (C=O) groups is 1. The number of nitrogens with one attached hydrogen (secondary N) is 1. The van der Waals surface area contributed by atoms with Crippen molar-refractivity contribution in [1.29, 1.82) is 0 Å². The number of aromatic nitrogens is 1. The van der Waals surface area contributed by atoms with Gasteiger partial charge in [0.05, 0.1) is 12.1 Å². The highest BCUT2D eigenvalue weighted by Crippen LogP contribution is 2.19. The van der Waals surface area contributed by atoms with Gasteiger partial charge in [0, 0.05) is 25.4 Å². The monoisotopic (exact) mass is 415 g/mol. The van der Waals surface area contributed by atoms with Crippen LogP contribution in [0.4, 0.5) is 0 Å². The highest BCUT2D eigenvalue weighted by atomic mass is 16.2. The van der Waals surface area contributed by atoms with Crippen LogP contribution in [0.15, 0.2) is 77.7 Å². The molecule has 3 aromatic rings. The van der Waals surface area contributed by atoms with Crippen molar-refractivity contribution in [3.05, 3.63) is 94.4 Å². The third-order valence-corrected chi connectivity index (χ3v) is 5.82. The number of hydrogen-bond donors (Lipinski definition) is 1. The Morgan fingerprint density at radius 1 is 0.839 bits per heavy atom. The zero-order chi connectivity index (χ0) is 21.5. The number of likely N-dealkylation sites (tertiary alicyclic amines) is 1. The Kier molecular flexibility index (Phi) is 6.95. The number of rotatable bonds is 7. The lowest BCUT2D eigenvalue weighted by Crippen LogP contribution is -2.38. The maximum absolute atomic E-state index is 12.6. The van der Waals surface area contributed by atoms with E-state index in [4.69, 9.17) is 0 Å². The average Bonchev–Trinajstić information content (AvgIpc) is 2.82. The molecule has 0 radical (unpaired) electrons. The molecule has 0 atom stereocenters. The first-order valence-corrected chi connectivity index (χ1v) is 11.0. The molecule has 31 heavy (non-hydrogen) atoms. The molecule has 4 rings (SSSR count). The van der Waals surface area contributed by atoms with E-state index in [0.29, 0.717) is 18.7 Å². The fourth-order valence-corrected chi connectivity index (χ4v) is 4.03. The molecule has 5 nitrogen and oxygen atoms in total. The molecule has 1 amide bonds. The third kappa shape index (κ3) is 5.70. The Labute approximate surface area is 183 Å². The topological polar surface area (TPSA) is 54.3 Å². The van der Waals surface area contributed by atoms with Crippen LogP contribution in [-0.2, 0) is 6.54 Å². The summed E-state index contributed by atoms with van der Waals surface area (Å²) < 4.78 is 1.59. The molecular weight excluding hydrogens is 386 g/mol. The second-order valence-electron chi connectivity index (χ2n) is 8.11. The van der Waals surface area contributed by atoms with Crippen LogP contribution >= 0.6 is 0 Å². The van der Waals surface area contributed by atoms with Crippen molar-refractivity contribution in [2.24, 2.45) is 0 Å². The molecule has 1 aliphatic heterocycles. The molecule has 2 aromatic carbocycles. The summed E-state index contributed by atoms with van der Waals surface area (Å²) >= 11 is 0. The van der Waals surface area contributed by atoms with E-state index < -0.39 is 0 Å². The maximum atomic E-state index is 12.6. The number of piperidine rings is 1. The molecule has 0 spiro atoms. The molecular formula is C26H29N3O2. The van der Waals surface area contributed by atoms with Gasteiger partial charge in [0.2, 0.25) is 0 Å². The van der Waals surface area contributed by atoms with Gasteiger partial charge in [-0.1, -0.05) is 61.0 Å². The second kappa shape index (κ2) is 10.2. The average molecular weight is 416 g/mol. The summed E-state index contributed by atoms with van der Waals surface area (Å²) in [6.45, 7) is 4.16. The lowest BCUT2D eigenvalue weighted by molar-refractivity contribution is 0.0945. The summed E-state index contributed by atoms with van der Waals surface area (Å²) in [5.74, 6) is -0.134. The summed E-state index contributed by atoms with van der Waals surface area (Å²) in [4.78, 5) is 27.3. The van der Waals surface area contributed by atoms with Crippen LogP contribution < -0.4 is 10.9 Å². The number of hydrogen-bond acceptors (Lipinski definition) is 3. The van der Waals surface area contributed by atoms with Gasteiger partial charge in [0.15, 0.2) is 0 Å². The Morgan fingerprint density at radius 3 is 2.29 bits per heavy atom. The van der Waals surface area contributed by atoms with Crippen molar-refractivity contribution in [2.45, 2.75) is 25.8 Å². The molecule has 1 aromatic heterocycles. The van der Waals surface area contributed by atoms with E-state index in [2.05, 4.69) is 34.5 Å². The second-order valence-corrected chi connectivity index (χ2v) is 8.11. The minimum Gasteiger partial charge on any atom is -0.351 e. The van der Waals surface area contributed by atoms with E-state index in [1.807, 2.05) is 30.3 Å². The van der Waals surface area contributed by atoms with E-state index in [9.17, 15) is 9.59 Å². The first-order valence-electron chi connectivity index (χ1n) is 11.0. The number of amides is 1. The number of carbonyl (C=O) groups excluding carboxylic acids is 1. The smallest absolute Gasteiger partial charge is 0.252 e. The highest BCUT2D eigenvalue weighted by molar-refractivity contribution is 5.93. The van der Waals surface area contributed by atoms with Crippen LogP contribution in [-0.4, -0.2) is 41.6 Å². The van der Waals surface area contributed by atoms with Gasteiger partial charge >= 0.3 is 0 Å². The lowest BCUT2D eigenvalue weighted by atomic mass is 10.0. The molecule has 160 valence electrons. The minimum atomic E-state index is -0.134. The maximum Gasteiger partial charge on any atom is 0.252 e. The summed E-state index contributed by atoms with van der Waals surface area (Å²) in [5, 5.41) is 2.99. The van der Waals surface area contributed by atoms with Gasteiger partial charge in [-0.2, -0.15) is 0 Å². The molecule has 1 N–H and O–H groups in total. The van der Waals surface area contributed by atoms with Crippen molar-refractivity contribution < 1.29 is 4.79 Å². The molecule has 0 bridgehead atoms. The van der Waals surface area contributed by atoms with Crippen molar-refractivity contribution >= 4 is 5.91 Å². The molecule has 0 saturated carbocycles. The van der Waals surface area contributed by atoms with E-state index in [0.717, 1.165) is 36.3 Å². The Bertz CT molecular complexity index is 1050. The summed E-state index contributed by atoms with van der Waals surface area (Å²) in [6, 6.07) is 21.4. The SMILES string of the molecule is O=C(NCCN1CCCCC1)c1ccc(=O)n(Cc2ccc(-c3ccccc3)cc2)c1. The van der Waals surface area contributed by atoms with E-state index in [-0.39, 0.29) is 11.5 Å². The summed E-state index contributed by atoms with van der Waals surface area (Å²) in [7, 11) is 0. The minimum absolute atomic E-state index is 0.114. The fourth-order valence-electron chi connectivity index (χ4n) is 4.03. The number of benzene rings is 2. The fraction of sp³-hybridized carbons (Fsp3) is 0.308. The van der Waals surface area contributed by atoms with Crippen molar-refractivity contribution in [1.82, 2.24) is 14.8 Å². The Hall–Kier alpha value is -3.18. The van der Waals surface area contributed by atoms with Crippen LogP contribution in [0.1, 0.15) is 35.2 Å². The van der Waals surface area contributed by atoms with Crippen LogP contribution in [0, 0.1) is 0 Å². The van der Waals surface area contributed by atoms with Gasteiger partial charge in [-0.25, -0.2) is 0 Å². The molecule has 0 aliphatic carbocycles. The molecule has 5 heteroatoms. The zero-order valence-electron chi connectivity index (χ0n) is 17.8. The quantitative estimate of drug-likeness (QED) is 0.639. The predicted molar refractivity (Wildman–Crippen MR) is 124 cm³/mol. The molecule has 0 unspecified atom stereocenters. The van der Waals surface area contributed by atoms with E-state index in [1.54, 1.807) is 16.8 Å². The summed E-state index contributed by atoms with van der Waals surface area (Å²) in [6.07, 6.45) is 5.44. The Morgan fingerprint density at radius 2 is 1.55 bits per heavy atom. The zero-order valence-corrected chi connectivity index (χ0v) is 17.8. The highest BCUT2D eigenvalue weighted by Gasteiger charge is 2.11. The van der Waals surface area contributed by atoms with Gasteiger partial charge < -0.3 is 14.8 Å². The lowest BCUT2D eigenvalue weighted by Gasteiger charge is -2.26. The van der Waals surface area contributed by atoms with E-state index in [1.165, 1.54) is 25.3 Å². The molecule has 1 saturated heterocycles. The van der Waals surface area contributed by atoms with Crippen molar-refractivity contribution in [2.75, 3.05) is 26.2 Å². The number of pyridine rings is 1. The van der Waals surface area contributed by atoms with E-state index >= 15 is 0 Å². The van der Waals surface area contributed by atoms with Crippen LogP contribution in [0.25, 0.3) is 11.1 Å². The number of nitrogens with zero attached hydrogens (tertiary/aromatic N) is 2. The van der Waals surface area contributed by atoms with Crippen molar-refractivity contribution in [3.8, 4) is 11.1 Å². The largest absolute Gasteiger partial charge is 0.351 e.